The Hall–Kier alpha value is -2.18. The minimum absolute atomic E-state index is 0.0927. The van der Waals surface area contributed by atoms with E-state index in [1.54, 1.807) is 19.1 Å². The van der Waals surface area contributed by atoms with E-state index in [1.807, 2.05) is 37.3 Å². The van der Waals surface area contributed by atoms with Crippen LogP contribution in [0.25, 0.3) is 0 Å². The van der Waals surface area contributed by atoms with Crippen LogP contribution in [0.3, 0.4) is 0 Å². The van der Waals surface area contributed by atoms with Gasteiger partial charge in [-0.05, 0) is 37.1 Å². The van der Waals surface area contributed by atoms with Crippen LogP contribution in [0.15, 0.2) is 59.5 Å². The van der Waals surface area contributed by atoms with Gasteiger partial charge in [0.1, 0.15) is 0 Å². The van der Waals surface area contributed by atoms with Crippen LogP contribution in [0, 0.1) is 0 Å². The second-order valence-electron chi connectivity index (χ2n) is 5.63. The minimum Gasteiger partial charge on any atom is -0.348 e. The van der Waals surface area contributed by atoms with Crippen molar-refractivity contribution in [2.75, 3.05) is 0 Å². The van der Waals surface area contributed by atoms with Gasteiger partial charge in [-0.15, -0.1) is 0 Å². The number of rotatable bonds is 7. The zero-order valence-electron chi connectivity index (χ0n) is 13.8. The Balaban J connectivity index is 2.10. The first kappa shape index (κ1) is 18.2. The maximum Gasteiger partial charge on any atom is 0.251 e. The lowest BCUT2D eigenvalue weighted by molar-refractivity contribution is 0.0950. The molecule has 128 valence electrons. The summed E-state index contributed by atoms with van der Waals surface area (Å²) >= 11 is 0. The molecule has 2 aromatic carbocycles. The number of hydrogen-bond acceptors (Lipinski definition) is 3. The van der Waals surface area contributed by atoms with Crippen molar-refractivity contribution in [1.29, 1.82) is 0 Å². The lowest BCUT2D eigenvalue weighted by Crippen LogP contribution is -2.32. The van der Waals surface area contributed by atoms with Crippen LogP contribution < -0.4 is 10.0 Å². The van der Waals surface area contributed by atoms with Crippen molar-refractivity contribution in [3.8, 4) is 0 Å². The van der Waals surface area contributed by atoms with E-state index in [2.05, 4.69) is 10.0 Å². The van der Waals surface area contributed by atoms with E-state index in [0.29, 0.717) is 18.5 Å². The number of sulfonamides is 1. The average molecular weight is 346 g/mol. The lowest BCUT2D eigenvalue weighted by Gasteiger charge is -2.13. The molecule has 0 fully saturated rings. The van der Waals surface area contributed by atoms with Gasteiger partial charge in [-0.1, -0.05) is 43.3 Å². The van der Waals surface area contributed by atoms with Crippen LogP contribution in [0.2, 0.25) is 0 Å². The largest absolute Gasteiger partial charge is 0.348 e. The summed E-state index contributed by atoms with van der Waals surface area (Å²) in [5, 5.41) is 2.79. The Kier molecular flexibility index (Phi) is 6.11. The number of carbonyl (C=O) groups excluding carboxylic acids is 1. The number of benzene rings is 2. The smallest absolute Gasteiger partial charge is 0.251 e. The summed E-state index contributed by atoms with van der Waals surface area (Å²) in [6.45, 7) is 4.09. The molecular weight excluding hydrogens is 324 g/mol. The van der Waals surface area contributed by atoms with Crippen LogP contribution in [0.5, 0.6) is 0 Å². The van der Waals surface area contributed by atoms with Crippen molar-refractivity contribution in [2.45, 2.75) is 37.8 Å². The SMILES string of the molecule is CCC(C)NS(=O)(=O)c1cccc(C(=O)NCc2ccccc2)c1. The van der Waals surface area contributed by atoms with Gasteiger partial charge >= 0.3 is 0 Å². The predicted octanol–water partition coefficient (Wildman–Crippen LogP) is 2.69. The zero-order valence-corrected chi connectivity index (χ0v) is 14.6. The van der Waals surface area contributed by atoms with Gasteiger partial charge in [0.2, 0.25) is 10.0 Å². The fraction of sp³-hybridized carbons (Fsp3) is 0.278. The molecular formula is C18H22N2O3S. The summed E-state index contributed by atoms with van der Waals surface area (Å²) in [6, 6.07) is 15.4. The topological polar surface area (TPSA) is 75.3 Å². The van der Waals surface area contributed by atoms with Crippen molar-refractivity contribution in [3.63, 3.8) is 0 Å². The second-order valence-corrected chi connectivity index (χ2v) is 7.34. The first-order chi connectivity index (χ1) is 11.4. The Morgan fingerprint density at radius 2 is 1.79 bits per heavy atom. The molecule has 2 N–H and O–H groups in total. The molecule has 1 amide bonds. The van der Waals surface area contributed by atoms with E-state index in [9.17, 15) is 13.2 Å². The molecule has 1 unspecified atom stereocenters. The van der Waals surface area contributed by atoms with E-state index in [0.717, 1.165) is 5.56 Å². The summed E-state index contributed by atoms with van der Waals surface area (Å²) in [5.74, 6) is -0.306. The van der Waals surface area contributed by atoms with Gasteiger partial charge in [-0.2, -0.15) is 0 Å². The van der Waals surface area contributed by atoms with E-state index in [4.69, 9.17) is 0 Å². The van der Waals surface area contributed by atoms with Crippen molar-refractivity contribution >= 4 is 15.9 Å². The van der Waals surface area contributed by atoms with Gasteiger partial charge in [-0.25, -0.2) is 13.1 Å². The molecule has 5 nitrogen and oxygen atoms in total. The van der Waals surface area contributed by atoms with Gasteiger partial charge in [-0.3, -0.25) is 4.79 Å². The highest BCUT2D eigenvalue weighted by Crippen LogP contribution is 2.13. The monoisotopic (exact) mass is 346 g/mol. The fourth-order valence-corrected chi connectivity index (χ4v) is 3.47. The van der Waals surface area contributed by atoms with Gasteiger partial charge < -0.3 is 5.32 Å². The van der Waals surface area contributed by atoms with Crippen molar-refractivity contribution in [3.05, 3.63) is 65.7 Å². The van der Waals surface area contributed by atoms with Crippen LogP contribution in [0.4, 0.5) is 0 Å². The fourth-order valence-electron chi connectivity index (χ4n) is 2.10. The third-order valence-corrected chi connectivity index (χ3v) is 5.26. The highest BCUT2D eigenvalue weighted by Gasteiger charge is 2.18. The van der Waals surface area contributed by atoms with E-state index >= 15 is 0 Å². The Labute approximate surface area is 143 Å². The molecule has 0 spiro atoms. The molecule has 0 bridgehead atoms. The van der Waals surface area contributed by atoms with E-state index in [1.165, 1.54) is 12.1 Å². The number of hydrogen-bond donors (Lipinski definition) is 2. The van der Waals surface area contributed by atoms with Crippen molar-refractivity contribution in [2.24, 2.45) is 0 Å². The maximum absolute atomic E-state index is 12.3. The summed E-state index contributed by atoms with van der Waals surface area (Å²) in [4.78, 5) is 12.3. The summed E-state index contributed by atoms with van der Waals surface area (Å²) in [5.41, 5.74) is 1.30. The first-order valence-corrected chi connectivity index (χ1v) is 9.35. The maximum atomic E-state index is 12.3. The number of amides is 1. The molecule has 2 aromatic rings. The van der Waals surface area contributed by atoms with Gasteiger partial charge in [0.25, 0.3) is 5.91 Å². The summed E-state index contributed by atoms with van der Waals surface area (Å²) in [7, 11) is -3.62. The molecule has 0 saturated heterocycles. The second kappa shape index (κ2) is 8.08. The quantitative estimate of drug-likeness (QED) is 0.809. The molecule has 0 aliphatic carbocycles. The normalized spacial score (nSPS) is 12.6. The summed E-state index contributed by atoms with van der Waals surface area (Å²) < 4.78 is 27.2. The molecule has 0 aromatic heterocycles. The first-order valence-electron chi connectivity index (χ1n) is 7.87. The highest BCUT2D eigenvalue weighted by molar-refractivity contribution is 7.89. The molecule has 2 rings (SSSR count). The van der Waals surface area contributed by atoms with Crippen LogP contribution in [0.1, 0.15) is 36.2 Å². The van der Waals surface area contributed by atoms with Crippen molar-refractivity contribution < 1.29 is 13.2 Å². The molecule has 0 heterocycles. The molecule has 0 aliphatic rings. The molecule has 6 heteroatoms. The van der Waals surface area contributed by atoms with Crippen LogP contribution in [-0.4, -0.2) is 20.4 Å². The van der Waals surface area contributed by atoms with Gasteiger partial charge in [0.05, 0.1) is 4.90 Å². The third kappa shape index (κ3) is 4.91. The molecule has 24 heavy (non-hydrogen) atoms. The van der Waals surface area contributed by atoms with Gasteiger partial charge in [0, 0.05) is 18.2 Å². The summed E-state index contributed by atoms with van der Waals surface area (Å²) in [6.07, 6.45) is 0.691. The predicted molar refractivity (Wildman–Crippen MR) is 94.1 cm³/mol. The lowest BCUT2D eigenvalue weighted by atomic mass is 10.2. The van der Waals surface area contributed by atoms with Gasteiger partial charge in [0.15, 0.2) is 0 Å². The Bertz CT molecular complexity index is 789. The van der Waals surface area contributed by atoms with Crippen LogP contribution >= 0.6 is 0 Å². The van der Waals surface area contributed by atoms with Crippen molar-refractivity contribution in [1.82, 2.24) is 10.0 Å². The standard InChI is InChI=1S/C18H22N2O3S/c1-3-14(2)20-24(22,23)17-11-7-10-16(12-17)18(21)19-13-15-8-5-4-6-9-15/h4-12,14,20H,3,13H2,1-2H3,(H,19,21). The number of carbonyl (C=O) groups is 1. The van der Waals surface area contributed by atoms with E-state index in [-0.39, 0.29) is 16.8 Å². The molecule has 0 saturated carbocycles. The Morgan fingerprint density at radius 3 is 2.46 bits per heavy atom. The zero-order chi connectivity index (χ0) is 17.6. The molecule has 0 radical (unpaired) electrons. The molecule has 0 aliphatic heterocycles. The number of nitrogens with one attached hydrogen (secondary N) is 2. The highest BCUT2D eigenvalue weighted by atomic mass is 32.2. The van der Waals surface area contributed by atoms with Crippen LogP contribution in [-0.2, 0) is 16.6 Å². The minimum atomic E-state index is -3.62. The Morgan fingerprint density at radius 1 is 1.08 bits per heavy atom. The third-order valence-electron chi connectivity index (χ3n) is 3.67. The van der Waals surface area contributed by atoms with E-state index < -0.39 is 10.0 Å². The average Bonchev–Trinajstić information content (AvgIpc) is 2.60. The molecule has 1 atom stereocenters.